The highest BCUT2D eigenvalue weighted by atomic mass is 32.2. The Balaban J connectivity index is 1.40. The molecule has 2 aromatic carbocycles. The second-order valence-corrected chi connectivity index (χ2v) is 8.71. The monoisotopic (exact) mass is 446 g/mol. The van der Waals surface area contributed by atoms with E-state index in [1.807, 2.05) is 30.3 Å². The summed E-state index contributed by atoms with van der Waals surface area (Å²) in [5, 5.41) is 3.71. The van der Waals surface area contributed by atoms with E-state index in [4.69, 9.17) is 9.72 Å². The lowest BCUT2D eigenvalue weighted by molar-refractivity contribution is -0.112. The number of carbonyl (C=O) groups is 1. The molecule has 0 saturated carbocycles. The van der Waals surface area contributed by atoms with E-state index in [9.17, 15) is 4.79 Å². The van der Waals surface area contributed by atoms with E-state index in [1.165, 1.54) is 23.0 Å². The van der Waals surface area contributed by atoms with Crippen molar-refractivity contribution < 1.29 is 9.53 Å². The molecule has 0 aliphatic carbocycles. The normalized spacial score (nSPS) is 13.6. The van der Waals surface area contributed by atoms with E-state index in [1.54, 1.807) is 13.1 Å². The number of benzene rings is 2. The number of rotatable bonds is 7. The Hall–Kier alpha value is -3.16. The van der Waals surface area contributed by atoms with E-state index >= 15 is 0 Å². The maximum absolute atomic E-state index is 11.9. The van der Waals surface area contributed by atoms with Crippen LogP contribution < -0.4 is 10.2 Å². The standard InChI is InChI=1S/C25H26N4O2S/c1-18(2)25(30)27-20-4-3-5-22(17-20)32-24-10-11-26-23(28-24)16-19-6-8-21(9-7-19)29-12-14-31-15-13-29/h3-11,17H,1,12-16H2,2H3,(H,27,30). The molecule has 1 aliphatic rings. The van der Waals surface area contributed by atoms with Crippen LogP contribution in [-0.4, -0.2) is 42.2 Å². The van der Waals surface area contributed by atoms with Crippen molar-refractivity contribution >= 4 is 29.0 Å². The van der Waals surface area contributed by atoms with E-state index in [-0.39, 0.29) is 5.91 Å². The minimum atomic E-state index is -0.184. The van der Waals surface area contributed by atoms with Crippen LogP contribution in [0.25, 0.3) is 0 Å². The third-order valence-corrected chi connectivity index (χ3v) is 5.98. The Morgan fingerprint density at radius 1 is 1.16 bits per heavy atom. The number of nitrogens with zero attached hydrogens (tertiary/aromatic N) is 3. The fourth-order valence-corrected chi connectivity index (χ4v) is 4.20. The van der Waals surface area contributed by atoms with Gasteiger partial charge in [0.2, 0.25) is 0 Å². The largest absolute Gasteiger partial charge is 0.378 e. The predicted octanol–water partition coefficient (Wildman–Crippen LogP) is 4.57. The lowest BCUT2D eigenvalue weighted by atomic mass is 10.1. The minimum absolute atomic E-state index is 0.184. The Kier molecular flexibility index (Phi) is 7.19. The average Bonchev–Trinajstić information content (AvgIpc) is 2.80. The third kappa shape index (κ3) is 5.96. The average molecular weight is 447 g/mol. The topological polar surface area (TPSA) is 67.4 Å². The Morgan fingerprint density at radius 3 is 2.69 bits per heavy atom. The molecule has 0 bridgehead atoms. The van der Waals surface area contributed by atoms with Gasteiger partial charge in [-0.15, -0.1) is 0 Å². The molecule has 4 rings (SSSR count). The zero-order valence-electron chi connectivity index (χ0n) is 18.1. The van der Waals surface area contributed by atoms with Gasteiger partial charge in [-0.2, -0.15) is 0 Å². The zero-order chi connectivity index (χ0) is 22.3. The molecule has 1 aliphatic heterocycles. The van der Waals surface area contributed by atoms with Gasteiger partial charge < -0.3 is 15.0 Å². The van der Waals surface area contributed by atoms with Crippen LogP contribution in [0.3, 0.4) is 0 Å². The zero-order valence-corrected chi connectivity index (χ0v) is 18.9. The van der Waals surface area contributed by atoms with Crippen LogP contribution in [0.2, 0.25) is 0 Å². The molecule has 1 aromatic heterocycles. The lowest BCUT2D eigenvalue weighted by Crippen LogP contribution is -2.36. The van der Waals surface area contributed by atoms with Crippen LogP contribution >= 0.6 is 11.8 Å². The van der Waals surface area contributed by atoms with Crippen molar-refractivity contribution in [2.24, 2.45) is 0 Å². The molecular formula is C25H26N4O2S. The first-order chi connectivity index (χ1) is 15.6. The summed E-state index contributed by atoms with van der Waals surface area (Å²) < 4.78 is 5.43. The van der Waals surface area contributed by atoms with E-state index in [2.05, 4.69) is 46.0 Å². The van der Waals surface area contributed by atoms with E-state index in [0.29, 0.717) is 12.0 Å². The van der Waals surface area contributed by atoms with Gasteiger partial charge in [-0.25, -0.2) is 9.97 Å². The highest BCUT2D eigenvalue weighted by Gasteiger charge is 2.11. The summed E-state index contributed by atoms with van der Waals surface area (Å²) in [6, 6.07) is 18.2. The quantitative estimate of drug-likeness (QED) is 0.424. The highest BCUT2D eigenvalue weighted by Crippen LogP contribution is 2.28. The number of hydrogen-bond acceptors (Lipinski definition) is 6. The SMILES string of the molecule is C=C(C)C(=O)Nc1cccc(Sc2ccnc(Cc3ccc(N4CCOCC4)cc3)n2)c1. The molecule has 0 spiro atoms. The van der Waals surface area contributed by atoms with Crippen LogP contribution in [0.5, 0.6) is 0 Å². The predicted molar refractivity (Wildman–Crippen MR) is 128 cm³/mol. The summed E-state index contributed by atoms with van der Waals surface area (Å²) in [7, 11) is 0. The first kappa shape index (κ1) is 22.0. The van der Waals surface area contributed by atoms with Gasteiger partial charge >= 0.3 is 0 Å². The van der Waals surface area contributed by atoms with Crippen LogP contribution in [-0.2, 0) is 16.0 Å². The van der Waals surface area contributed by atoms with Crippen molar-refractivity contribution in [2.75, 3.05) is 36.5 Å². The van der Waals surface area contributed by atoms with E-state index in [0.717, 1.165) is 47.7 Å². The smallest absolute Gasteiger partial charge is 0.250 e. The van der Waals surface area contributed by atoms with Crippen molar-refractivity contribution in [1.82, 2.24) is 9.97 Å². The molecule has 1 saturated heterocycles. The number of amides is 1. The number of carbonyl (C=O) groups excluding carboxylic acids is 1. The Labute approximate surface area is 192 Å². The molecule has 3 aromatic rings. The molecule has 1 amide bonds. The van der Waals surface area contributed by atoms with Gasteiger partial charge in [0.15, 0.2) is 0 Å². The fraction of sp³-hybridized carbons (Fsp3) is 0.240. The van der Waals surface area contributed by atoms with Crippen LogP contribution in [0.15, 0.2) is 82.9 Å². The molecule has 2 heterocycles. The first-order valence-corrected chi connectivity index (χ1v) is 11.4. The van der Waals surface area contributed by atoms with Gasteiger partial charge in [0.25, 0.3) is 5.91 Å². The summed E-state index contributed by atoms with van der Waals surface area (Å²) in [6.07, 6.45) is 2.46. The minimum Gasteiger partial charge on any atom is -0.378 e. The maximum Gasteiger partial charge on any atom is 0.250 e. The molecule has 164 valence electrons. The molecular weight excluding hydrogens is 420 g/mol. The van der Waals surface area contributed by atoms with Gasteiger partial charge in [-0.1, -0.05) is 36.5 Å². The third-order valence-electron chi connectivity index (χ3n) is 5.06. The molecule has 6 nitrogen and oxygen atoms in total. The number of ether oxygens (including phenoxy) is 1. The van der Waals surface area contributed by atoms with Gasteiger partial charge in [-0.05, 0) is 48.9 Å². The Bertz CT molecular complexity index is 1100. The number of nitrogens with one attached hydrogen (secondary N) is 1. The molecule has 0 unspecified atom stereocenters. The van der Waals surface area contributed by atoms with Crippen molar-refractivity contribution in [3.8, 4) is 0 Å². The summed E-state index contributed by atoms with van der Waals surface area (Å²) in [4.78, 5) is 24.4. The van der Waals surface area contributed by atoms with Crippen molar-refractivity contribution in [2.45, 2.75) is 23.3 Å². The first-order valence-electron chi connectivity index (χ1n) is 10.6. The second-order valence-electron chi connectivity index (χ2n) is 7.62. The lowest BCUT2D eigenvalue weighted by Gasteiger charge is -2.28. The van der Waals surface area contributed by atoms with Gasteiger partial charge in [0, 0.05) is 47.6 Å². The number of aromatic nitrogens is 2. The number of morpholine rings is 1. The van der Waals surface area contributed by atoms with Crippen LogP contribution in [0, 0.1) is 0 Å². The number of anilines is 2. The second kappa shape index (κ2) is 10.4. The van der Waals surface area contributed by atoms with Crippen molar-refractivity contribution in [3.05, 3.63) is 84.3 Å². The fourth-order valence-electron chi connectivity index (χ4n) is 3.35. The summed E-state index contributed by atoms with van der Waals surface area (Å²) in [6.45, 7) is 8.78. The summed E-state index contributed by atoms with van der Waals surface area (Å²) in [5.41, 5.74) is 3.61. The van der Waals surface area contributed by atoms with Gasteiger partial charge in [0.1, 0.15) is 10.9 Å². The van der Waals surface area contributed by atoms with E-state index < -0.39 is 0 Å². The van der Waals surface area contributed by atoms with Crippen LogP contribution in [0.4, 0.5) is 11.4 Å². The summed E-state index contributed by atoms with van der Waals surface area (Å²) >= 11 is 1.54. The van der Waals surface area contributed by atoms with Crippen LogP contribution in [0.1, 0.15) is 18.3 Å². The molecule has 1 fully saturated rings. The van der Waals surface area contributed by atoms with Crippen molar-refractivity contribution in [3.63, 3.8) is 0 Å². The van der Waals surface area contributed by atoms with Gasteiger partial charge in [-0.3, -0.25) is 4.79 Å². The molecule has 7 heteroatoms. The molecule has 32 heavy (non-hydrogen) atoms. The highest BCUT2D eigenvalue weighted by molar-refractivity contribution is 7.99. The van der Waals surface area contributed by atoms with Crippen molar-refractivity contribution in [1.29, 1.82) is 0 Å². The Morgan fingerprint density at radius 2 is 1.94 bits per heavy atom. The molecule has 1 N–H and O–H groups in total. The molecule has 0 atom stereocenters. The number of hydrogen-bond donors (Lipinski definition) is 1. The summed E-state index contributed by atoms with van der Waals surface area (Å²) in [5.74, 6) is 0.594. The molecule has 0 radical (unpaired) electrons. The van der Waals surface area contributed by atoms with Gasteiger partial charge in [0.05, 0.1) is 13.2 Å². The maximum atomic E-state index is 11.9.